The van der Waals surface area contributed by atoms with Gasteiger partial charge in [0.05, 0.1) is 6.04 Å². The minimum Gasteiger partial charge on any atom is -0.304 e. The Morgan fingerprint density at radius 2 is 2.05 bits per heavy atom. The van der Waals surface area contributed by atoms with Crippen LogP contribution in [0.1, 0.15) is 59.8 Å². The van der Waals surface area contributed by atoms with Gasteiger partial charge in [0.1, 0.15) is 4.75 Å². The van der Waals surface area contributed by atoms with Gasteiger partial charge in [0.15, 0.2) is 5.17 Å². The number of nitrogens with zero attached hydrogens (tertiary/aromatic N) is 1. The molecule has 0 radical (unpaired) electrons. The van der Waals surface area contributed by atoms with E-state index in [-0.39, 0.29) is 10.7 Å². The number of fused-ring (bicyclic) bond motifs is 2. The first kappa shape index (κ1) is 15.4. The van der Waals surface area contributed by atoms with Crippen molar-refractivity contribution in [2.75, 3.05) is 0 Å². The molecule has 1 saturated heterocycles. The highest BCUT2D eigenvalue weighted by Gasteiger charge is 2.45. The first-order chi connectivity index (χ1) is 9.88. The highest BCUT2D eigenvalue weighted by atomic mass is 32.2. The van der Waals surface area contributed by atoms with E-state index in [4.69, 9.17) is 4.99 Å². The summed E-state index contributed by atoms with van der Waals surface area (Å²) in [5.74, 6) is 2.97. The van der Waals surface area contributed by atoms with Crippen molar-refractivity contribution < 1.29 is 4.79 Å². The second-order valence-electron chi connectivity index (χ2n) is 7.84. The van der Waals surface area contributed by atoms with Crippen molar-refractivity contribution in [3.8, 4) is 0 Å². The van der Waals surface area contributed by atoms with Crippen LogP contribution in [0.25, 0.3) is 0 Å². The molecule has 0 aromatic carbocycles. The molecule has 1 heterocycles. The number of aliphatic imine (C=N–C) groups is 1. The molecule has 1 N–H and O–H groups in total. The second kappa shape index (κ2) is 5.60. The highest BCUT2D eigenvalue weighted by molar-refractivity contribution is 8.16. The maximum absolute atomic E-state index is 12.2. The smallest absolute Gasteiger partial charge is 0.242 e. The Morgan fingerprint density at radius 3 is 2.71 bits per heavy atom. The number of carbonyl (C=O) groups is 1. The molecule has 118 valence electrons. The molecule has 2 aliphatic carbocycles. The monoisotopic (exact) mass is 308 g/mol. The lowest BCUT2D eigenvalue weighted by atomic mass is 9.66. The molecule has 0 spiro atoms. The largest absolute Gasteiger partial charge is 0.304 e. The van der Waals surface area contributed by atoms with Crippen molar-refractivity contribution in [2.45, 2.75) is 70.6 Å². The maximum atomic E-state index is 12.2. The van der Waals surface area contributed by atoms with Gasteiger partial charge in [-0.25, -0.2) is 0 Å². The van der Waals surface area contributed by atoms with Gasteiger partial charge in [0.25, 0.3) is 0 Å². The predicted molar refractivity (Wildman–Crippen MR) is 89.4 cm³/mol. The molecule has 4 heteroatoms. The van der Waals surface area contributed by atoms with Gasteiger partial charge in [-0.1, -0.05) is 32.5 Å². The molecular formula is C17H28N2OS. The van der Waals surface area contributed by atoms with E-state index in [0.29, 0.717) is 12.0 Å². The molecule has 3 rings (SSSR count). The van der Waals surface area contributed by atoms with Crippen molar-refractivity contribution in [3.05, 3.63) is 0 Å². The number of amidine groups is 1. The molecule has 4 unspecified atom stereocenters. The third kappa shape index (κ3) is 2.88. The van der Waals surface area contributed by atoms with Crippen LogP contribution in [0.15, 0.2) is 4.99 Å². The summed E-state index contributed by atoms with van der Waals surface area (Å²) in [5, 5.41) is 3.91. The Hall–Kier alpha value is -0.510. The van der Waals surface area contributed by atoms with Gasteiger partial charge in [-0.15, -0.1) is 0 Å². The normalized spacial score (nSPS) is 45.2. The summed E-state index contributed by atoms with van der Waals surface area (Å²) >= 11 is 1.64. The van der Waals surface area contributed by atoms with Gasteiger partial charge < -0.3 is 5.32 Å². The Labute approximate surface area is 132 Å². The first-order valence-electron chi connectivity index (χ1n) is 8.46. The molecule has 2 bridgehead atoms. The Morgan fingerprint density at radius 1 is 1.29 bits per heavy atom. The van der Waals surface area contributed by atoms with Crippen LogP contribution in [0.3, 0.4) is 0 Å². The number of amides is 1. The summed E-state index contributed by atoms with van der Waals surface area (Å²) in [5.41, 5.74) is 0. The lowest BCUT2D eigenvalue weighted by Crippen LogP contribution is -2.38. The number of hydrogen-bond donors (Lipinski definition) is 1. The summed E-state index contributed by atoms with van der Waals surface area (Å²) in [6.45, 7) is 8.66. The Bertz CT molecular complexity index is 460. The van der Waals surface area contributed by atoms with Gasteiger partial charge in [0, 0.05) is 0 Å². The van der Waals surface area contributed by atoms with E-state index in [0.717, 1.165) is 22.9 Å². The van der Waals surface area contributed by atoms with E-state index in [1.54, 1.807) is 11.8 Å². The van der Waals surface area contributed by atoms with Crippen LogP contribution in [0.2, 0.25) is 0 Å². The zero-order valence-corrected chi connectivity index (χ0v) is 14.5. The minimum absolute atomic E-state index is 0.131. The molecule has 3 fully saturated rings. The minimum atomic E-state index is -0.351. The quantitative estimate of drug-likeness (QED) is 0.842. The average Bonchev–Trinajstić information content (AvgIpc) is 2.69. The number of thioether (sulfide) groups is 1. The summed E-state index contributed by atoms with van der Waals surface area (Å²) in [7, 11) is 0. The van der Waals surface area contributed by atoms with E-state index < -0.39 is 0 Å². The molecule has 0 aromatic heterocycles. The lowest BCUT2D eigenvalue weighted by Gasteiger charge is -2.41. The molecule has 3 aliphatic rings. The van der Waals surface area contributed by atoms with Gasteiger partial charge >= 0.3 is 0 Å². The van der Waals surface area contributed by atoms with E-state index in [1.807, 2.05) is 6.92 Å². The van der Waals surface area contributed by atoms with Crippen molar-refractivity contribution in [1.82, 2.24) is 5.32 Å². The molecule has 1 aliphatic heterocycles. The van der Waals surface area contributed by atoms with Crippen LogP contribution in [-0.4, -0.2) is 21.9 Å². The molecular weight excluding hydrogens is 280 g/mol. The van der Waals surface area contributed by atoms with Crippen LogP contribution >= 0.6 is 11.8 Å². The van der Waals surface area contributed by atoms with Crippen molar-refractivity contribution in [3.63, 3.8) is 0 Å². The van der Waals surface area contributed by atoms with Crippen LogP contribution in [-0.2, 0) is 4.79 Å². The maximum Gasteiger partial charge on any atom is 0.242 e. The Kier molecular flexibility index (Phi) is 4.10. The molecule has 1 amide bonds. The van der Waals surface area contributed by atoms with Crippen molar-refractivity contribution >= 4 is 22.8 Å². The standard InChI is InChI=1S/C17H28N2OS/c1-10(2)17(4)15(20)19-16(21-17)18-14-6-5-12-7-11(3)8-13(14)9-12/h10-14H,5-9H2,1-4H3,(H,18,19,20)/t11?,12?,13?,14-,17?/m0/s1. The molecule has 0 aromatic rings. The van der Waals surface area contributed by atoms with E-state index >= 15 is 0 Å². The van der Waals surface area contributed by atoms with E-state index in [2.05, 4.69) is 26.1 Å². The van der Waals surface area contributed by atoms with E-state index in [9.17, 15) is 4.79 Å². The van der Waals surface area contributed by atoms with Gasteiger partial charge in [-0.2, -0.15) is 0 Å². The Balaban J connectivity index is 1.73. The average molecular weight is 308 g/mol. The van der Waals surface area contributed by atoms with Crippen LogP contribution < -0.4 is 5.32 Å². The number of rotatable bonds is 2. The molecule has 3 nitrogen and oxygen atoms in total. The number of nitrogens with one attached hydrogen (secondary N) is 1. The topological polar surface area (TPSA) is 41.5 Å². The predicted octanol–water partition coefficient (Wildman–Crippen LogP) is 3.83. The second-order valence-corrected chi connectivity index (χ2v) is 9.27. The van der Waals surface area contributed by atoms with Crippen molar-refractivity contribution in [1.29, 1.82) is 0 Å². The fraction of sp³-hybridized carbons (Fsp3) is 0.882. The van der Waals surface area contributed by atoms with Crippen LogP contribution in [0.4, 0.5) is 0 Å². The molecule has 21 heavy (non-hydrogen) atoms. The van der Waals surface area contributed by atoms with Crippen LogP contribution in [0, 0.1) is 23.7 Å². The van der Waals surface area contributed by atoms with Crippen molar-refractivity contribution in [2.24, 2.45) is 28.7 Å². The zero-order chi connectivity index (χ0) is 15.2. The fourth-order valence-corrected chi connectivity index (χ4v) is 5.36. The fourth-order valence-electron chi connectivity index (χ4n) is 4.25. The lowest BCUT2D eigenvalue weighted by molar-refractivity contribution is -0.122. The summed E-state index contributed by atoms with van der Waals surface area (Å²) in [4.78, 5) is 17.2. The van der Waals surface area contributed by atoms with Gasteiger partial charge in [0.2, 0.25) is 5.91 Å². The first-order valence-corrected chi connectivity index (χ1v) is 9.28. The molecule has 5 atom stereocenters. The third-order valence-corrected chi connectivity index (χ3v) is 7.34. The van der Waals surface area contributed by atoms with Crippen LogP contribution in [0.5, 0.6) is 0 Å². The summed E-state index contributed by atoms with van der Waals surface area (Å²) in [6, 6.07) is 0.432. The summed E-state index contributed by atoms with van der Waals surface area (Å²) in [6.07, 6.45) is 6.61. The number of hydrogen-bond acceptors (Lipinski definition) is 3. The SMILES string of the molecule is CC1CC2CC[C@H](N=C3NC(=O)C(C)(C(C)C)S3)C(C1)C2. The van der Waals surface area contributed by atoms with E-state index in [1.165, 1.54) is 32.1 Å². The summed E-state index contributed by atoms with van der Waals surface area (Å²) < 4.78 is -0.351. The number of carbonyl (C=O) groups excluding carboxylic acids is 1. The third-order valence-electron chi connectivity index (χ3n) is 5.86. The van der Waals surface area contributed by atoms with Gasteiger partial charge in [-0.3, -0.25) is 9.79 Å². The zero-order valence-electron chi connectivity index (χ0n) is 13.7. The highest BCUT2D eigenvalue weighted by Crippen LogP contribution is 2.45. The van der Waals surface area contributed by atoms with Gasteiger partial charge in [-0.05, 0) is 62.7 Å². The molecule has 2 saturated carbocycles.